The zero-order chi connectivity index (χ0) is 21.3. The highest BCUT2D eigenvalue weighted by molar-refractivity contribution is 5.91. The number of aryl methyl sites for hydroxylation is 1. The number of esters is 1. The van der Waals surface area contributed by atoms with Crippen LogP contribution in [0.25, 0.3) is 11.2 Å². The molecule has 0 aliphatic heterocycles. The van der Waals surface area contributed by atoms with E-state index in [2.05, 4.69) is 9.97 Å². The molecule has 2 aromatic carbocycles. The van der Waals surface area contributed by atoms with Gasteiger partial charge in [-0.1, -0.05) is 48.5 Å². The number of benzene rings is 2. The van der Waals surface area contributed by atoms with E-state index in [4.69, 9.17) is 4.74 Å². The number of ether oxygens (including phenoxy) is 1. The SMILES string of the molecule is Cn1c(=O)[nH]c(=O)c2c1nc(OC(=O)c1ccccc1)n2CC(O)c1ccccc1. The van der Waals surface area contributed by atoms with Gasteiger partial charge < -0.3 is 9.84 Å². The maximum atomic E-state index is 12.5. The largest absolute Gasteiger partial charge is 0.388 e. The number of imidazole rings is 1. The number of nitrogens with one attached hydrogen (secondary N) is 1. The molecule has 152 valence electrons. The third-order valence-corrected chi connectivity index (χ3v) is 4.71. The number of fused-ring (bicyclic) bond motifs is 1. The fraction of sp³-hybridized carbons (Fsp3) is 0.143. The molecular weight excluding hydrogens is 388 g/mol. The van der Waals surface area contributed by atoms with E-state index < -0.39 is 23.3 Å². The van der Waals surface area contributed by atoms with Gasteiger partial charge in [0.2, 0.25) is 0 Å². The topological polar surface area (TPSA) is 119 Å². The van der Waals surface area contributed by atoms with E-state index in [0.717, 1.165) is 4.57 Å². The highest BCUT2D eigenvalue weighted by atomic mass is 16.6. The van der Waals surface area contributed by atoms with E-state index in [0.29, 0.717) is 11.1 Å². The predicted octanol–water partition coefficient (Wildman–Crippen LogP) is 1.38. The minimum absolute atomic E-state index is 0.0166. The van der Waals surface area contributed by atoms with Crippen LogP contribution in [0.15, 0.2) is 70.3 Å². The zero-order valence-electron chi connectivity index (χ0n) is 16.0. The minimum Gasteiger partial charge on any atom is -0.388 e. The molecule has 2 aromatic heterocycles. The van der Waals surface area contributed by atoms with Crippen molar-refractivity contribution in [3.63, 3.8) is 0 Å². The number of aromatic nitrogens is 4. The van der Waals surface area contributed by atoms with Crippen LogP contribution < -0.4 is 16.0 Å². The summed E-state index contributed by atoms with van der Waals surface area (Å²) in [5, 5.41) is 10.7. The van der Waals surface area contributed by atoms with Gasteiger partial charge in [-0.3, -0.25) is 18.9 Å². The second kappa shape index (κ2) is 7.80. The molecule has 0 fully saturated rings. The van der Waals surface area contributed by atoms with Crippen LogP contribution in [0.2, 0.25) is 0 Å². The van der Waals surface area contributed by atoms with Gasteiger partial charge in [-0.2, -0.15) is 4.98 Å². The van der Waals surface area contributed by atoms with Crippen LogP contribution in [-0.4, -0.2) is 30.2 Å². The van der Waals surface area contributed by atoms with Crippen LogP contribution in [0.1, 0.15) is 22.0 Å². The average molecular weight is 406 g/mol. The number of hydrogen-bond donors (Lipinski definition) is 2. The Labute approximate surface area is 169 Å². The van der Waals surface area contributed by atoms with Crippen molar-refractivity contribution in [2.24, 2.45) is 7.05 Å². The minimum atomic E-state index is -1.01. The van der Waals surface area contributed by atoms with Crippen molar-refractivity contribution in [1.82, 2.24) is 19.1 Å². The molecule has 2 N–H and O–H groups in total. The van der Waals surface area contributed by atoms with Gasteiger partial charge in [0, 0.05) is 7.05 Å². The summed E-state index contributed by atoms with van der Waals surface area (Å²) in [6, 6.07) is 16.9. The van der Waals surface area contributed by atoms with Gasteiger partial charge in [-0.25, -0.2) is 9.59 Å². The van der Waals surface area contributed by atoms with Crippen LogP contribution in [-0.2, 0) is 13.6 Å². The summed E-state index contributed by atoms with van der Waals surface area (Å²) in [7, 11) is 1.44. The van der Waals surface area contributed by atoms with Crippen LogP contribution in [0.3, 0.4) is 0 Å². The van der Waals surface area contributed by atoms with Crippen LogP contribution in [0.5, 0.6) is 6.01 Å². The van der Waals surface area contributed by atoms with E-state index >= 15 is 0 Å². The number of carbonyl (C=O) groups excluding carboxylic acids is 1. The number of aliphatic hydroxyl groups is 1. The first kappa shape index (κ1) is 19.3. The molecule has 0 radical (unpaired) electrons. The molecule has 9 heteroatoms. The second-order valence-corrected chi connectivity index (χ2v) is 6.68. The molecule has 4 aromatic rings. The third kappa shape index (κ3) is 3.53. The van der Waals surface area contributed by atoms with Gasteiger partial charge in [-0.15, -0.1) is 0 Å². The van der Waals surface area contributed by atoms with E-state index in [9.17, 15) is 19.5 Å². The molecule has 4 rings (SSSR count). The van der Waals surface area contributed by atoms with E-state index in [1.54, 1.807) is 54.6 Å². The zero-order valence-corrected chi connectivity index (χ0v) is 16.0. The number of aliphatic hydroxyl groups excluding tert-OH is 1. The van der Waals surface area contributed by atoms with Crippen molar-refractivity contribution in [3.05, 3.63) is 92.6 Å². The van der Waals surface area contributed by atoms with Crippen molar-refractivity contribution in [2.75, 3.05) is 0 Å². The molecule has 0 saturated carbocycles. The van der Waals surface area contributed by atoms with E-state index in [-0.39, 0.29) is 23.7 Å². The molecule has 0 saturated heterocycles. The summed E-state index contributed by atoms with van der Waals surface area (Å²) >= 11 is 0. The van der Waals surface area contributed by atoms with Crippen molar-refractivity contribution >= 4 is 17.1 Å². The summed E-state index contributed by atoms with van der Waals surface area (Å²) in [5.74, 6) is -0.678. The van der Waals surface area contributed by atoms with Gasteiger partial charge in [0.15, 0.2) is 11.2 Å². The Morgan fingerprint density at radius 2 is 1.73 bits per heavy atom. The Morgan fingerprint density at radius 3 is 2.40 bits per heavy atom. The first-order valence-corrected chi connectivity index (χ1v) is 9.15. The summed E-state index contributed by atoms with van der Waals surface area (Å²) in [4.78, 5) is 43.4. The smallest absolute Gasteiger partial charge is 0.345 e. The lowest BCUT2D eigenvalue weighted by molar-refractivity contribution is 0.0704. The number of rotatable bonds is 5. The normalized spacial score (nSPS) is 12.1. The fourth-order valence-electron chi connectivity index (χ4n) is 3.13. The quantitative estimate of drug-likeness (QED) is 0.483. The molecule has 0 aliphatic rings. The fourth-order valence-corrected chi connectivity index (χ4v) is 3.13. The van der Waals surface area contributed by atoms with Crippen molar-refractivity contribution in [3.8, 4) is 6.01 Å². The number of carbonyl (C=O) groups is 1. The molecule has 0 aliphatic carbocycles. The Balaban J connectivity index is 1.82. The predicted molar refractivity (Wildman–Crippen MR) is 108 cm³/mol. The lowest BCUT2D eigenvalue weighted by Gasteiger charge is -2.14. The summed E-state index contributed by atoms with van der Waals surface area (Å²) < 4.78 is 7.88. The molecular formula is C21H18N4O5. The molecule has 9 nitrogen and oxygen atoms in total. The summed E-state index contributed by atoms with van der Waals surface area (Å²) in [5.41, 5.74) is -0.379. The van der Waals surface area contributed by atoms with Gasteiger partial charge in [0.25, 0.3) is 5.56 Å². The molecule has 0 amide bonds. The Hall–Kier alpha value is -3.98. The molecule has 1 unspecified atom stereocenters. The number of aromatic amines is 1. The monoisotopic (exact) mass is 406 g/mol. The van der Waals surface area contributed by atoms with Crippen molar-refractivity contribution in [2.45, 2.75) is 12.6 Å². The molecule has 30 heavy (non-hydrogen) atoms. The van der Waals surface area contributed by atoms with Crippen LogP contribution in [0, 0.1) is 0 Å². The van der Waals surface area contributed by atoms with Gasteiger partial charge >= 0.3 is 17.7 Å². The van der Waals surface area contributed by atoms with Gasteiger partial charge in [0.05, 0.1) is 18.2 Å². The third-order valence-electron chi connectivity index (χ3n) is 4.71. The first-order chi connectivity index (χ1) is 14.5. The second-order valence-electron chi connectivity index (χ2n) is 6.68. The maximum absolute atomic E-state index is 12.5. The number of nitrogens with zero attached hydrogens (tertiary/aromatic N) is 3. The van der Waals surface area contributed by atoms with Gasteiger partial charge in [0.1, 0.15) is 0 Å². The van der Waals surface area contributed by atoms with E-state index in [1.807, 2.05) is 6.07 Å². The Bertz CT molecular complexity index is 1320. The maximum Gasteiger partial charge on any atom is 0.345 e. The summed E-state index contributed by atoms with van der Waals surface area (Å²) in [6.45, 7) is -0.112. The highest BCUT2D eigenvalue weighted by Gasteiger charge is 2.23. The number of H-pyrrole nitrogens is 1. The summed E-state index contributed by atoms with van der Waals surface area (Å²) in [6.07, 6.45) is -1.01. The van der Waals surface area contributed by atoms with Crippen molar-refractivity contribution < 1.29 is 14.6 Å². The van der Waals surface area contributed by atoms with Gasteiger partial charge in [-0.05, 0) is 17.7 Å². The highest BCUT2D eigenvalue weighted by Crippen LogP contribution is 2.23. The van der Waals surface area contributed by atoms with E-state index in [1.165, 1.54) is 11.6 Å². The molecule has 0 spiro atoms. The molecule has 2 heterocycles. The Kier molecular flexibility index (Phi) is 5.03. The average Bonchev–Trinajstić information content (AvgIpc) is 3.11. The number of hydrogen-bond acceptors (Lipinski definition) is 6. The lowest BCUT2D eigenvalue weighted by atomic mass is 10.1. The van der Waals surface area contributed by atoms with Crippen LogP contribution >= 0.6 is 0 Å². The van der Waals surface area contributed by atoms with Crippen LogP contribution in [0.4, 0.5) is 0 Å². The Morgan fingerprint density at radius 1 is 1.10 bits per heavy atom. The molecule has 0 bridgehead atoms. The standard InChI is InChI=1S/C21H18N4O5/c1-24-17-16(18(27)23-20(24)29)25(12-15(26)13-8-4-2-5-9-13)21(22-17)30-19(28)14-10-6-3-7-11-14/h2-11,15,26H,12H2,1H3,(H,23,27,29). The molecule has 1 atom stereocenters. The first-order valence-electron chi connectivity index (χ1n) is 9.15. The lowest BCUT2D eigenvalue weighted by Crippen LogP contribution is -2.29. The van der Waals surface area contributed by atoms with Crippen molar-refractivity contribution in [1.29, 1.82) is 0 Å².